The summed E-state index contributed by atoms with van der Waals surface area (Å²) in [5.74, 6) is 0. The number of halogens is 2. The minimum Gasteiger partial charge on any atom is -0.286 e. The largest absolute Gasteiger partial charge is 0.286 e. The second-order valence-corrected chi connectivity index (χ2v) is 3.95. The van der Waals surface area contributed by atoms with E-state index in [4.69, 9.17) is 11.6 Å². The average molecular weight is 263 g/mol. The predicted molar refractivity (Wildman–Crippen MR) is 60.9 cm³/mol. The number of rotatable bonds is 4. The molecule has 13 heavy (non-hydrogen) atoms. The van der Waals surface area contributed by atoms with Crippen molar-refractivity contribution in [3.05, 3.63) is 34.3 Å². The SMILES string of the molecule is CCN(CCl)Cc1ccccc1Br. The van der Waals surface area contributed by atoms with E-state index in [-0.39, 0.29) is 0 Å². The van der Waals surface area contributed by atoms with Gasteiger partial charge in [0.05, 0.1) is 6.00 Å². The molecule has 1 rings (SSSR count). The van der Waals surface area contributed by atoms with Crippen LogP contribution in [0, 0.1) is 0 Å². The van der Waals surface area contributed by atoms with E-state index < -0.39 is 0 Å². The minimum absolute atomic E-state index is 0.581. The molecule has 0 saturated heterocycles. The Balaban J connectivity index is 2.67. The van der Waals surface area contributed by atoms with Crippen LogP contribution in [0.4, 0.5) is 0 Å². The lowest BCUT2D eigenvalue weighted by Crippen LogP contribution is -2.21. The molecule has 0 aliphatic rings. The Morgan fingerprint density at radius 2 is 2.08 bits per heavy atom. The minimum atomic E-state index is 0.581. The zero-order valence-electron chi connectivity index (χ0n) is 7.63. The van der Waals surface area contributed by atoms with Gasteiger partial charge in [-0.3, -0.25) is 4.90 Å². The molecule has 0 aromatic heterocycles. The van der Waals surface area contributed by atoms with Gasteiger partial charge in [0.2, 0.25) is 0 Å². The van der Waals surface area contributed by atoms with Crippen LogP contribution in [0.25, 0.3) is 0 Å². The smallest absolute Gasteiger partial charge is 0.0741 e. The van der Waals surface area contributed by atoms with Crippen LogP contribution < -0.4 is 0 Å². The quantitative estimate of drug-likeness (QED) is 0.593. The third kappa shape index (κ3) is 3.29. The molecule has 0 saturated carbocycles. The van der Waals surface area contributed by atoms with Crippen LogP contribution in [0.1, 0.15) is 12.5 Å². The van der Waals surface area contributed by atoms with Gasteiger partial charge in [0, 0.05) is 11.0 Å². The third-order valence-electron chi connectivity index (χ3n) is 1.97. The molecule has 0 N–H and O–H groups in total. The highest BCUT2D eigenvalue weighted by Gasteiger charge is 2.03. The molecule has 0 radical (unpaired) electrons. The van der Waals surface area contributed by atoms with Gasteiger partial charge >= 0.3 is 0 Å². The van der Waals surface area contributed by atoms with E-state index in [1.165, 1.54) is 5.56 Å². The normalized spacial score (nSPS) is 10.8. The molecule has 0 aliphatic heterocycles. The van der Waals surface area contributed by atoms with E-state index in [0.717, 1.165) is 17.6 Å². The maximum Gasteiger partial charge on any atom is 0.0741 e. The van der Waals surface area contributed by atoms with Gasteiger partial charge in [-0.25, -0.2) is 0 Å². The Labute approximate surface area is 92.8 Å². The van der Waals surface area contributed by atoms with Gasteiger partial charge in [0.1, 0.15) is 0 Å². The standard InChI is InChI=1S/C10H13BrClN/c1-2-13(8-12)7-9-5-3-4-6-10(9)11/h3-6H,2,7-8H2,1H3. The first-order valence-corrected chi connectivity index (χ1v) is 5.62. The summed E-state index contributed by atoms with van der Waals surface area (Å²) in [5, 5.41) is 0. The van der Waals surface area contributed by atoms with Crippen molar-refractivity contribution in [3.63, 3.8) is 0 Å². The van der Waals surface area contributed by atoms with Gasteiger partial charge in [-0.2, -0.15) is 0 Å². The second-order valence-electron chi connectivity index (χ2n) is 2.86. The summed E-state index contributed by atoms with van der Waals surface area (Å²) in [5.41, 5.74) is 1.28. The number of hydrogen-bond donors (Lipinski definition) is 0. The van der Waals surface area contributed by atoms with Crippen molar-refractivity contribution < 1.29 is 0 Å². The average Bonchev–Trinajstić information content (AvgIpc) is 2.17. The molecule has 1 nitrogen and oxygen atoms in total. The molecular formula is C10H13BrClN. The van der Waals surface area contributed by atoms with E-state index in [1.807, 2.05) is 12.1 Å². The first kappa shape index (κ1) is 11.0. The first-order valence-electron chi connectivity index (χ1n) is 4.29. The zero-order chi connectivity index (χ0) is 9.68. The lowest BCUT2D eigenvalue weighted by molar-refractivity contribution is 0.327. The van der Waals surface area contributed by atoms with Crippen LogP contribution >= 0.6 is 27.5 Å². The van der Waals surface area contributed by atoms with Crippen molar-refractivity contribution in [2.75, 3.05) is 12.5 Å². The molecule has 72 valence electrons. The highest BCUT2D eigenvalue weighted by Crippen LogP contribution is 2.17. The van der Waals surface area contributed by atoms with Crippen LogP contribution in [0.15, 0.2) is 28.7 Å². The van der Waals surface area contributed by atoms with Crippen molar-refractivity contribution in [2.24, 2.45) is 0 Å². The lowest BCUT2D eigenvalue weighted by Gasteiger charge is -2.17. The van der Waals surface area contributed by atoms with Crippen molar-refractivity contribution in [2.45, 2.75) is 13.5 Å². The molecule has 1 aromatic rings. The van der Waals surface area contributed by atoms with Crippen LogP contribution in [-0.4, -0.2) is 17.4 Å². The van der Waals surface area contributed by atoms with Gasteiger partial charge < -0.3 is 0 Å². The molecule has 0 unspecified atom stereocenters. The predicted octanol–water partition coefficient (Wildman–Crippen LogP) is 3.47. The monoisotopic (exact) mass is 261 g/mol. The molecule has 3 heteroatoms. The number of hydrogen-bond acceptors (Lipinski definition) is 1. The summed E-state index contributed by atoms with van der Waals surface area (Å²) in [6.07, 6.45) is 0. The Morgan fingerprint density at radius 1 is 1.38 bits per heavy atom. The fourth-order valence-electron chi connectivity index (χ4n) is 1.11. The van der Waals surface area contributed by atoms with E-state index in [9.17, 15) is 0 Å². The van der Waals surface area contributed by atoms with Gasteiger partial charge in [-0.1, -0.05) is 41.1 Å². The summed E-state index contributed by atoms with van der Waals surface area (Å²) in [6.45, 7) is 3.99. The van der Waals surface area contributed by atoms with E-state index in [2.05, 4.69) is 39.9 Å². The third-order valence-corrected chi connectivity index (χ3v) is 3.08. The van der Waals surface area contributed by atoms with Crippen molar-refractivity contribution >= 4 is 27.5 Å². The molecule has 0 aliphatic carbocycles. The van der Waals surface area contributed by atoms with Crippen LogP contribution in [-0.2, 0) is 6.54 Å². The van der Waals surface area contributed by atoms with Gasteiger partial charge in [-0.05, 0) is 18.2 Å². The molecule has 0 atom stereocenters. The van der Waals surface area contributed by atoms with Crippen molar-refractivity contribution in [1.82, 2.24) is 4.90 Å². The topological polar surface area (TPSA) is 3.24 Å². The fourth-order valence-corrected chi connectivity index (χ4v) is 1.77. The number of alkyl halides is 1. The molecule has 0 amide bonds. The summed E-state index contributed by atoms with van der Waals surface area (Å²) in [4.78, 5) is 2.17. The fraction of sp³-hybridized carbons (Fsp3) is 0.400. The van der Waals surface area contributed by atoms with Crippen LogP contribution in [0.2, 0.25) is 0 Å². The van der Waals surface area contributed by atoms with E-state index in [1.54, 1.807) is 0 Å². The first-order chi connectivity index (χ1) is 6.27. The Morgan fingerprint density at radius 3 is 2.62 bits per heavy atom. The molecule has 0 spiro atoms. The zero-order valence-corrected chi connectivity index (χ0v) is 9.98. The molecule has 0 fully saturated rings. The van der Waals surface area contributed by atoms with Crippen molar-refractivity contribution in [1.29, 1.82) is 0 Å². The summed E-state index contributed by atoms with van der Waals surface area (Å²) in [7, 11) is 0. The number of nitrogens with zero attached hydrogens (tertiary/aromatic N) is 1. The van der Waals surface area contributed by atoms with Crippen LogP contribution in [0.5, 0.6) is 0 Å². The van der Waals surface area contributed by atoms with Crippen molar-refractivity contribution in [3.8, 4) is 0 Å². The maximum atomic E-state index is 5.78. The molecule has 0 heterocycles. The second kappa shape index (κ2) is 5.63. The Kier molecular flexibility index (Phi) is 4.78. The van der Waals surface area contributed by atoms with Gasteiger partial charge in [-0.15, -0.1) is 11.6 Å². The number of benzene rings is 1. The highest BCUT2D eigenvalue weighted by atomic mass is 79.9. The maximum absolute atomic E-state index is 5.78. The molecular weight excluding hydrogens is 249 g/mol. The Hall–Kier alpha value is -0.0500. The van der Waals surface area contributed by atoms with Gasteiger partial charge in [0.15, 0.2) is 0 Å². The Bertz CT molecular complexity index is 261. The van der Waals surface area contributed by atoms with E-state index >= 15 is 0 Å². The summed E-state index contributed by atoms with van der Waals surface area (Å²) >= 11 is 9.29. The van der Waals surface area contributed by atoms with E-state index in [0.29, 0.717) is 6.00 Å². The molecule has 0 bridgehead atoms. The van der Waals surface area contributed by atoms with Gasteiger partial charge in [0.25, 0.3) is 0 Å². The lowest BCUT2D eigenvalue weighted by atomic mass is 10.2. The summed E-state index contributed by atoms with van der Waals surface area (Å²) < 4.78 is 1.15. The van der Waals surface area contributed by atoms with Crippen LogP contribution in [0.3, 0.4) is 0 Å². The summed E-state index contributed by atoms with van der Waals surface area (Å²) in [6, 6.07) is 8.81. The molecule has 1 aromatic carbocycles. The highest BCUT2D eigenvalue weighted by molar-refractivity contribution is 9.10.